The van der Waals surface area contributed by atoms with Gasteiger partial charge >= 0.3 is 0 Å². The van der Waals surface area contributed by atoms with Crippen molar-refractivity contribution in [2.24, 2.45) is 16.2 Å². The first-order valence-electron chi connectivity index (χ1n) is 13.3. The minimum Gasteiger partial charge on any atom is -0.411 e. The van der Waals surface area contributed by atoms with Crippen molar-refractivity contribution in [3.05, 3.63) is 0 Å². The highest BCUT2D eigenvalue weighted by molar-refractivity contribution is 8.00. The van der Waals surface area contributed by atoms with Crippen LogP contribution in [0.2, 0.25) is 0 Å². The second-order valence-electron chi connectivity index (χ2n) is 10.6. The average Bonchev–Trinajstić information content (AvgIpc) is 3.18. The predicted molar refractivity (Wildman–Crippen MR) is 169 cm³/mol. The van der Waals surface area contributed by atoms with E-state index in [4.69, 9.17) is 10.4 Å². The summed E-state index contributed by atoms with van der Waals surface area (Å²) in [6, 6.07) is 0. The standard InChI is InChI=1S/C25H46N6O5S.CH4S.CH4/c1-17(29-35)24(3,4)27-13-9-19(10-14-28-25(5,6)18(2)30-36)8-12-26-21(32)11-15-31-22(33)16-20(37-7)23(31)34;1-2;/h19-20,27-28,35-36H,8-16H2,1-7H3,(H,26,32);2H,1H3;1H4/b29-17+,30-18+;;. The van der Waals surface area contributed by atoms with Gasteiger partial charge in [-0.1, -0.05) is 17.7 Å². The zero-order valence-electron chi connectivity index (χ0n) is 24.8. The number of thiol groups is 1. The summed E-state index contributed by atoms with van der Waals surface area (Å²) < 4.78 is 0. The lowest BCUT2D eigenvalue weighted by Gasteiger charge is -2.28. The van der Waals surface area contributed by atoms with Gasteiger partial charge in [-0.05, 0) is 92.3 Å². The lowest BCUT2D eigenvalue weighted by molar-refractivity contribution is -0.138. The van der Waals surface area contributed by atoms with Gasteiger partial charge in [-0.2, -0.15) is 24.4 Å². The van der Waals surface area contributed by atoms with Crippen LogP contribution in [-0.2, 0) is 14.4 Å². The van der Waals surface area contributed by atoms with Crippen molar-refractivity contribution in [3.8, 4) is 0 Å². The van der Waals surface area contributed by atoms with Gasteiger partial charge in [-0.25, -0.2) is 0 Å². The fraction of sp³-hybridized carbons (Fsp3) is 0.815. The molecule has 5 N–H and O–H groups in total. The van der Waals surface area contributed by atoms with E-state index in [9.17, 15) is 14.4 Å². The van der Waals surface area contributed by atoms with E-state index in [-0.39, 0.29) is 55.7 Å². The monoisotopic (exact) mass is 606 g/mol. The number of hydrogen-bond donors (Lipinski definition) is 6. The van der Waals surface area contributed by atoms with Crippen molar-refractivity contribution in [1.29, 1.82) is 0 Å². The molecule has 1 aliphatic rings. The minimum atomic E-state index is -0.442. The molecule has 0 spiro atoms. The van der Waals surface area contributed by atoms with Crippen LogP contribution in [0.4, 0.5) is 0 Å². The molecule has 3 amide bonds. The Bertz CT molecular complexity index is 815. The Morgan fingerprint density at radius 3 is 1.85 bits per heavy atom. The molecule has 13 heteroatoms. The van der Waals surface area contributed by atoms with Gasteiger partial charge in [-0.3, -0.25) is 19.3 Å². The molecule has 234 valence electrons. The largest absolute Gasteiger partial charge is 0.411 e. The fourth-order valence-electron chi connectivity index (χ4n) is 3.91. The van der Waals surface area contributed by atoms with Crippen LogP contribution in [-0.4, -0.2) is 99.5 Å². The topological polar surface area (TPSA) is 156 Å². The highest BCUT2D eigenvalue weighted by Crippen LogP contribution is 2.23. The summed E-state index contributed by atoms with van der Waals surface area (Å²) in [6.45, 7) is 13.3. The van der Waals surface area contributed by atoms with Crippen LogP contribution >= 0.6 is 24.4 Å². The maximum absolute atomic E-state index is 12.4. The molecule has 1 rings (SSSR count). The lowest BCUT2D eigenvalue weighted by Crippen LogP contribution is -2.47. The van der Waals surface area contributed by atoms with E-state index in [2.05, 4.69) is 38.9 Å². The van der Waals surface area contributed by atoms with E-state index in [1.807, 2.05) is 27.7 Å². The third kappa shape index (κ3) is 13.7. The normalized spacial score (nSPS) is 16.6. The fourth-order valence-corrected chi connectivity index (χ4v) is 4.54. The van der Waals surface area contributed by atoms with E-state index in [1.165, 1.54) is 16.7 Å². The number of likely N-dealkylation sites (tertiary alicyclic amines) is 1. The van der Waals surface area contributed by atoms with Crippen LogP contribution in [0.25, 0.3) is 0 Å². The molecule has 0 aromatic heterocycles. The van der Waals surface area contributed by atoms with Gasteiger partial charge in [0.1, 0.15) is 0 Å². The SMILES string of the molecule is C.CS.CSC1CC(=O)N(CCC(=O)NCCC(CCNC(C)(C)/C(C)=N/O)CCNC(C)(C)/C(C)=N/O)C1=O. The third-order valence-electron chi connectivity index (χ3n) is 7.27. The van der Waals surface area contributed by atoms with Crippen LogP contribution in [0.5, 0.6) is 0 Å². The molecule has 40 heavy (non-hydrogen) atoms. The molecule has 0 aromatic rings. The predicted octanol–water partition coefficient (Wildman–Crippen LogP) is 3.39. The number of nitrogens with zero attached hydrogens (tertiary/aromatic N) is 3. The Morgan fingerprint density at radius 2 is 1.45 bits per heavy atom. The van der Waals surface area contributed by atoms with Crippen molar-refractivity contribution in [2.45, 2.75) is 97.4 Å². The number of hydrogen-bond acceptors (Lipinski definition) is 11. The highest BCUT2D eigenvalue weighted by atomic mass is 32.2. The Hall–Kier alpha value is -1.83. The first kappa shape index (κ1) is 40.3. The second-order valence-corrected chi connectivity index (χ2v) is 11.7. The van der Waals surface area contributed by atoms with E-state index in [0.29, 0.717) is 31.1 Å². The van der Waals surface area contributed by atoms with E-state index in [1.54, 1.807) is 26.4 Å². The van der Waals surface area contributed by atoms with Crippen molar-refractivity contribution in [1.82, 2.24) is 20.9 Å². The molecule has 1 aliphatic heterocycles. The average molecular weight is 607 g/mol. The number of carbonyl (C=O) groups is 3. The van der Waals surface area contributed by atoms with Crippen molar-refractivity contribution in [3.63, 3.8) is 0 Å². The Morgan fingerprint density at radius 1 is 1.00 bits per heavy atom. The van der Waals surface area contributed by atoms with Gasteiger partial charge in [0.15, 0.2) is 0 Å². The number of nitrogens with one attached hydrogen (secondary N) is 3. The van der Waals surface area contributed by atoms with Crippen LogP contribution in [0.1, 0.15) is 81.1 Å². The number of carbonyl (C=O) groups excluding carboxylic acids is 3. The molecule has 11 nitrogen and oxygen atoms in total. The molecule has 0 aromatic carbocycles. The first-order chi connectivity index (χ1) is 18.3. The zero-order chi connectivity index (χ0) is 30.2. The minimum absolute atomic E-state index is 0. The molecule has 1 unspecified atom stereocenters. The summed E-state index contributed by atoms with van der Waals surface area (Å²) in [4.78, 5) is 37.8. The molecule has 1 fully saturated rings. The zero-order valence-corrected chi connectivity index (χ0v) is 26.5. The van der Waals surface area contributed by atoms with Gasteiger partial charge in [0.2, 0.25) is 17.7 Å². The second kappa shape index (κ2) is 20.1. The Labute approximate surface area is 251 Å². The number of imide groups is 1. The van der Waals surface area contributed by atoms with Gasteiger partial charge in [0, 0.05) is 25.9 Å². The number of oxime groups is 2. The molecule has 0 saturated carbocycles. The summed E-state index contributed by atoms with van der Waals surface area (Å²) in [5.41, 5.74) is 0.305. The third-order valence-corrected chi connectivity index (χ3v) is 8.21. The van der Waals surface area contributed by atoms with Crippen LogP contribution < -0.4 is 16.0 Å². The summed E-state index contributed by atoms with van der Waals surface area (Å²) in [7, 11) is 0. The number of thioether (sulfide) groups is 1. The molecule has 0 aliphatic carbocycles. The van der Waals surface area contributed by atoms with Crippen LogP contribution in [0, 0.1) is 5.92 Å². The Balaban J connectivity index is 0. The molecular formula is C27H54N6O5S2. The number of amides is 3. The van der Waals surface area contributed by atoms with Crippen molar-refractivity contribution < 1.29 is 24.8 Å². The first-order valence-corrected chi connectivity index (χ1v) is 15.4. The molecule has 1 heterocycles. The molecular weight excluding hydrogens is 552 g/mol. The van der Waals surface area contributed by atoms with Gasteiger partial charge in [0.05, 0.1) is 27.8 Å². The van der Waals surface area contributed by atoms with E-state index < -0.39 is 11.1 Å². The number of rotatable bonds is 17. The van der Waals surface area contributed by atoms with Crippen LogP contribution in [0.3, 0.4) is 0 Å². The van der Waals surface area contributed by atoms with E-state index in [0.717, 1.165) is 19.3 Å². The maximum Gasteiger partial charge on any atom is 0.242 e. The van der Waals surface area contributed by atoms with Gasteiger partial charge in [0.25, 0.3) is 0 Å². The summed E-state index contributed by atoms with van der Waals surface area (Å²) in [5.74, 6) is -0.325. The quantitative estimate of drug-likeness (QED) is 0.0484. The van der Waals surface area contributed by atoms with Crippen molar-refractivity contribution in [2.75, 3.05) is 38.7 Å². The van der Waals surface area contributed by atoms with Crippen molar-refractivity contribution >= 4 is 53.5 Å². The summed E-state index contributed by atoms with van der Waals surface area (Å²) in [6.07, 6.45) is 6.24. The summed E-state index contributed by atoms with van der Waals surface area (Å²) in [5, 5.41) is 34.2. The molecule has 1 saturated heterocycles. The Kier molecular flexibility index (Phi) is 20.3. The highest BCUT2D eigenvalue weighted by Gasteiger charge is 2.37. The molecule has 0 radical (unpaired) electrons. The summed E-state index contributed by atoms with van der Waals surface area (Å²) >= 11 is 4.89. The molecule has 1 atom stereocenters. The van der Waals surface area contributed by atoms with Crippen LogP contribution in [0.15, 0.2) is 10.3 Å². The van der Waals surface area contributed by atoms with Gasteiger partial charge < -0.3 is 26.4 Å². The lowest BCUT2D eigenvalue weighted by atomic mass is 9.94. The molecule has 0 bridgehead atoms. The maximum atomic E-state index is 12.4. The smallest absolute Gasteiger partial charge is 0.242 e. The van der Waals surface area contributed by atoms with E-state index >= 15 is 0 Å². The van der Waals surface area contributed by atoms with Gasteiger partial charge in [-0.15, -0.1) is 0 Å².